The van der Waals surface area contributed by atoms with E-state index < -0.39 is 6.10 Å². The Morgan fingerprint density at radius 2 is 2.00 bits per heavy atom. The molecule has 0 saturated carbocycles. The van der Waals surface area contributed by atoms with Crippen LogP contribution < -0.4 is 5.32 Å². The number of aryl methyl sites for hydroxylation is 1. The minimum Gasteiger partial charge on any atom is -0.391 e. The number of nitrogens with one attached hydrogen (secondary N) is 1. The van der Waals surface area contributed by atoms with Crippen molar-refractivity contribution in [2.75, 3.05) is 6.54 Å². The summed E-state index contributed by atoms with van der Waals surface area (Å²) in [6.07, 6.45) is 1.77. The normalized spacial score (nSPS) is 12.1. The summed E-state index contributed by atoms with van der Waals surface area (Å²) in [5, 5.41) is 12.6. The molecule has 0 radical (unpaired) electrons. The van der Waals surface area contributed by atoms with E-state index in [1.165, 1.54) is 0 Å². The summed E-state index contributed by atoms with van der Waals surface area (Å²) in [5.41, 5.74) is 1.65. The van der Waals surface area contributed by atoms with E-state index in [-0.39, 0.29) is 12.5 Å². The number of hydrogen-bond donors (Lipinski definition) is 2. The van der Waals surface area contributed by atoms with Crippen molar-refractivity contribution >= 4 is 5.91 Å². The van der Waals surface area contributed by atoms with Gasteiger partial charge in [0.25, 0.3) is 5.91 Å². The first-order valence-electron chi connectivity index (χ1n) is 6.28. The van der Waals surface area contributed by atoms with Gasteiger partial charge < -0.3 is 15.0 Å². The predicted octanol–water partition coefficient (Wildman–Crippen LogP) is 1.36. The quantitative estimate of drug-likeness (QED) is 0.850. The third-order valence-corrected chi connectivity index (χ3v) is 2.99. The summed E-state index contributed by atoms with van der Waals surface area (Å²) in [5.74, 6) is -0.167. The molecular weight excluding hydrogens is 240 g/mol. The van der Waals surface area contributed by atoms with Crippen molar-refractivity contribution in [3.8, 4) is 0 Å². The van der Waals surface area contributed by atoms with E-state index in [1.807, 2.05) is 49.6 Å². The van der Waals surface area contributed by atoms with Crippen LogP contribution in [0.25, 0.3) is 0 Å². The molecule has 0 bridgehead atoms. The highest BCUT2D eigenvalue weighted by Gasteiger charge is 2.11. The molecule has 0 aliphatic heterocycles. The maximum atomic E-state index is 11.8. The van der Waals surface area contributed by atoms with E-state index in [0.717, 1.165) is 5.56 Å². The van der Waals surface area contributed by atoms with Crippen LogP contribution in [0, 0.1) is 0 Å². The van der Waals surface area contributed by atoms with Gasteiger partial charge in [-0.25, -0.2) is 0 Å². The molecule has 100 valence electrons. The van der Waals surface area contributed by atoms with Crippen molar-refractivity contribution in [3.05, 3.63) is 59.9 Å². The molecule has 0 spiro atoms. The smallest absolute Gasteiger partial charge is 0.267 e. The van der Waals surface area contributed by atoms with Crippen molar-refractivity contribution < 1.29 is 9.90 Å². The number of aliphatic hydroxyl groups excluding tert-OH is 1. The average molecular weight is 258 g/mol. The molecule has 0 aliphatic rings. The van der Waals surface area contributed by atoms with Crippen LogP contribution in [0.4, 0.5) is 0 Å². The Balaban J connectivity index is 1.82. The Bertz CT molecular complexity index is 534. The Labute approximate surface area is 112 Å². The van der Waals surface area contributed by atoms with E-state index in [4.69, 9.17) is 0 Å². The monoisotopic (exact) mass is 258 g/mol. The highest BCUT2D eigenvalue weighted by molar-refractivity contribution is 5.92. The van der Waals surface area contributed by atoms with E-state index in [0.29, 0.717) is 12.1 Å². The lowest BCUT2D eigenvalue weighted by atomic mass is 10.1. The van der Waals surface area contributed by atoms with Crippen LogP contribution in [0.3, 0.4) is 0 Å². The lowest BCUT2D eigenvalue weighted by Crippen LogP contribution is -2.34. The topological polar surface area (TPSA) is 54.3 Å². The van der Waals surface area contributed by atoms with E-state index in [9.17, 15) is 9.90 Å². The van der Waals surface area contributed by atoms with E-state index in [1.54, 1.807) is 10.6 Å². The van der Waals surface area contributed by atoms with E-state index >= 15 is 0 Å². The number of hydrogen-bond acceptors (Lipinski definition) is 2. The molecule has 2 N–H and O–H groups in total. The molecule has 1 aromatic carbocycles. The van der Waals surface area contributed by atoms with Crippen molar-refractivity contribution in [1.82, 2.24) is 9.88 Å². The molecule has 0 fully saturated rings. The van der Waals surface area contributed by atoms with Crippen LogP contribution in [-0.4, -0.2) is 28.2 Å². The fraction of sp³-hybridized carbons (Fsp3) is 0.267. The largest absolute Gasteiger partial charge is 0.391 e. The van der Waals surface area contributed by atoms with Crippen LogP contribution in [0.1, 0.15) is 16.1 Å². The summed E-state index contributed by atoms with van der Waals surface area (Å²) in [6, 6.07) is 13.3. The second kappa shape index (κ2) is 6.20. The minimum atomic E-state index is -0.577. The second-order valence-electron chi connectivity index (χ2n) is 4.56. The zero-order valence-corrected chi connectivity index (χ0v) is 10.9. The van der Waals surface area contributed by atoms with Gasteiger partial charge in [-0.15, -0.1) is 0 Å². The SMILES string of the molecule is Cn1cccc1C(=O)NC[C@H](O)Cc1ccccc1. The molecule has 2 aromatic rings. The summed E-state index contributed by atoms with van der Waals surface area (Å²) in [4.78, 5) is 11.8. The molecule has 1 heterocycles. The van der Waals surface area contributed by atoms with Gasteiger partial charge in [-0.1, -0.05) is 30.3 Å². The molecule has 1 atom stereocenters. The maximum absolute atomic E-state index is 11.8. The number of carbonyl (C=O) groups excluding carboxylic acids is 1. The van der Waals surface area contributed by atoms with Gasteiger partial charge in [-0.05, 0) is 17.7 Å². The number of aliphatic hydroxyl groups is 1. The summed E-state index contributed by atoms with van der Waals surface area (Å²) >= 11 is 0. The van der Waals surface area contributed by atoms with Gasteiger partial charge in [0.1, 0.15) is 5.69 Å². The molecular formula is C15H18N2O2. The Hall–Kier alpha value is -2.07. The van der Waals surface area contributed by atoms with Gasteiger partial charge in [0.05, 0.1) is 6.10 Å². The Morgan fingerprint density at radius 3 is 2.63 bits per heavy atom. The number of aromatic nitrogens is 1. The number of rotatable bonds is 5. The fourth-order valence-electron chi connectivity index (χ4n) is 1.96. The minimum absolute atomic E-state index is 0.167. The fourth-order valence-corrected chi connectivity index (χ4v) is 1.96. The molecule has 1 aromatic heterocycles. The third kappa shape index (κ3) is 3.69. The molecule has 2 rings (SSSR count). The zero-order chi connectivity index (χ0) is 13.7. The second-order valence-corrected chi connectivity index (χ2v) is 4.56. The van der Waals surface area contributed by atoms with Gasteiger partial charge in [0, 0.05) is 26.2 Å². The molecule has 4 nitrogen and oxygen atoms in total. The summed E-state index contributed by atoms with van der Waals surface area (Å²) in [7, 11) is 1.81. The lowest BCUT2D eigenvalue weighted by molar-refractivity contribution is 0.0908. The van der Waals surface area contributed by atoms with Gasteiger partial charge in [0.15, 0.2) is 0 Å². The number of carbonyl (C=O) groups is 1. The Morgan fingerprint density at radius 1 is 1.26 bits per heavy atom. The number of benzene rings is 1. The summed E-state index contributed by atoms with van der Waals surface area (Å²) < 4.78 is 1.75. The predicted molar refractivity (Wildman–Crippen MR) is 73.9 cm³/mol. The van der Waals surface area contributed by atoms with Gasteiger partial charge in [-0.2, -0.15) is 0 Å². The zero-order valence-electron chi connectivity index (χ0n) is 10.9. The third-order valence-electron chi connectivity index (χ3n) is 2.99. The van der Waals surface area contributed by atoms with Gasteiger partial charge >= 0.3 is 0 Å². The van der Waals surface area contributed by atoms with Crippen molar-refractivity contribution in [1.29, 1.82) is 0 Å². The molecule has 1 amide bonds. The van der Waals surface area contributed by atoms with Crippen molar-refractivity contribution in [2.24, 2.45) is 7.05 Å². The van der Waals surface area contributed by atoms with Crippen molar-refractivity contribution in [3.63, 3.8) is 0 Å². The lowest BCUT2D eigenvalue weighted by Gasteiger charge is -2.12. The number of amides is 1. The first kappa shape index (κ1) is 13.4. The molecule has 0 unspecified atom stereocenters. The highest BCUT2D eigenvalue weighted by atomic mass is 16.3. The van der Waals surface area contributed by atoms with Crippen LogP contribution in [0.2, 0.25) is 0 Å². The molecule has 0 saturated heterocycles. The standard InChI is InChI=1S/C15H18N2O2/c1-17-9-5-8-14(17)15(19)16-11-13(18)10-12-6-3-2-4-7-12/h2-9,13,18H,10-11H2,1H3,(H,16,19)/t13-/m1/s1. The van der Waals surface area contributed by atoms with E-state index in [2.05, 4.69) is 5.32 Å². The maximum Gasteiger partial charge on any atom is 0.267 e. The van der Waals surface area contributed by atoms with Crippen LogP contribution in [0.15, 0.2) is 48.7 Å². The van der Waals surface area contributed by atoms with Gasteiger partial charge in [0.2, 0.25) is 0 Å². The summed E-state index contributed by atoms with van der Waals surface area (Å²) in [6.45, 7) is 0.249. The molecule has 4 heteroatoms. The average Bonchev–Trinajstić information content (AvgIpc) is 2.83. The van der Waals surface area contributed by atoms with Crippen LogP contribution in [0.5, 0.6) is 0 Å². The first-order valence-corrected chi connectivity index (χ1v) is 6.28. The Kier molecular flexibility index (Phi) is 4.36. The highest BCUT2D eigenvalue weighted by Crippen LogP contribution is 2.03. The first-order chi connectivity index (χ1) is 9.16. The van der Waals surface area contributed by atoms with Crippen molar-refractivity contribution in [2.45, 2.75) is 12.5 Å². The van der Waals surface area contributed by atoms with Gasteiger partial charge in [-0.3, -0.25) is 4.79 Å². The molecule has 0 aliphatic carbocycles. The number of nitrogens with zero attached hydrogens (tertiary/aromatic N) is 1. The van der Waals surface area contributed by atoms with Crippen LogP contribution >= 0.6 is 0 Å². The van der Waals surface area contributed by atoms with Crippen LogP contribution in [-0.2, 0) is 13.5 Å². The molecule has 19 heavy (non-hydrogen) atoms.